The average molecular weight is 486 g/mol. The van der Waals surface area contributed by atoms with Gasteiger partial charge in [0.15, 0.2) is 0 Å². The van der Waals surface area contributed by atoms with Crippen molar-refractivity contribution < 1.29 is 9.66 Å². The molecule has 36 heavy (non-hydrogen) atoms. The lowest BCUT2D eigenvalue weighted by atomic mass is 10.1. The topological polar surface area (TPSA) is 110 Å². The first kappa shape index (κ1) is 23.4. The fraction of sp³-hybridized carbons (Fsp3) is 0.269. The number of ether oxygens (including phenoxy) is 1. The van der Waals surface area contributed by atoms with E-state index in [4.69, 9.17) is 4.74 Å². The van der Waals surface area contributed by atoms with Gasteiger partial charge in [-0.05, 0) is 38.7 Å². The Kier molecular flexibility index (Phi) is 6.34. The Morgan fingerprint density at radius 1 is 1.17 bits per heavy atom. The number of likely N-dealkylation sites (N-methyl/N-ethyl adjacent to an activating group) is 1. The first-order valence-electron chi connectivity index (χ1n) is 11.7. The largest absolute Gasteiger partial charge is 0.494 e. The smallest absolute Gasteiger partial charge is 0.294 e. The molecule has 0 unspecified atom stereocenters. The summed E-state index contributed by atoms with van der Waals surface area (Å²) in [6, 6.07) is 15.2. The molecular weight excluding hydrogens is 458 g/mol. The summed E-state index contributed by atoms with van der Waals surface area (Å²) in [4.78, 5) is 29.3. The molecule has 0 spiro atoms. The number of methoxy groups -OCH3 is 1. The summed E-state index contributed by atoms with van der Waals surface area (Å²) in [7, 11) is 5.59. The van der Waals surface area contributed by atoms with E-state index in [9.17, 15) is 10.1 Å². The highest BCUT2D eigenvalue weighted by atomic mass is 16.6. The molecule has 10 nitrogen and oxygen atoms in total. The van der Waals surface area contributed by atoms with Gasteiger partial charge in [-0.2, -0.15) is 0 Å². The molecule has 1 saturated heterocycles. The van der Waals surface area contributed by atoms with Crippen molar-refractivity contribution in [1.29, 1.82) is 0 Å². The SMILES string of the molecule is COc1cc(N2CC[C@@H](N(C)C)C2)c([N+](=O)[O-])cc1Nc1nccc(-c2cnc3ccccc3c2)n1. The van der Waals surface area contributed by atoms with Crippen LogP contribution in [0.5, 0.6) is 5.75 Å². The highest BCUT2D eigenvalue weighted by molar-refractivity contribution is 5.83. The Morgan fingerprint density at radius 2 is 2.00 bits per heavy atom. The summed E-state index contributed by atoms with van der Waals surface area (Å²) < 4.78 is 5.60. The molecule has 5 rings (SSSR count). The first-order chi connectivity index (χ1) is 17.4. The maximum absolute atomic E-state index is 12.0. The van der Waals surface area contributed by atoms with E-state index in [2.05, 4.69) is 25.2 Å². The lowest BCUT2D eigenvalue weighted by molar-refractivity contribution is -0.384. The quantitative estimate of drug-likeness (QED) is 0.299. The molecule has 10 heteroatoms. The van der Waals surface area contributed by atoms with E-state index in [1.807, 2.05) is 49.3 Å². The van der Waals surface area contributed by atoms with Gasteiger partial charge in [0.25, 0.3) is 5.69 Å². The Balaban J connectivity index is 1.46. The zero-order valence-corrected chi connectivity index (χ0v) is 20.4. The minimum atomic E-state index is -0.360. The van der Waals surface area contributed by atoms with Crippen LogP contribution in [0.1, 0.15) is 6.42 Å². The third-order valence-corrected chi connectivity index (χ3v) is 6.52. The van der Waals surface area contributed by atoms with E-state index < -0.39 is 0 Å². The Hall–Kier alpha value is -4.31. The number of fused-ring (bicyclic) bond motifs is 1. The summed E-state index contributed by atoms with van der Waals surface area (Å²) in [6.45, 7) is 1.46. The van der Waals surface area contributed by atoms with Crippen LogP contribution >= 0.6 is 0 Å². The van der Waals surface area contributed by atoms with Crippen LogP contribution < -0.4 is 15.0 Å². The molecule has 0 aliphatic carbocycles. The Labute approximate surface area is 208 Å². The molecule has 0 radical (unpaired) electrons. The van der Waals surface area contributed by atoms with Crippen molar-refractivity contribution in [3.63, 3.8) is 0 Å². The van der Waals surface area contributed by atoms with Crippen LogP contribution in [0.2, 0.25) is 0 Å². The number of aromatic nitrogens is 3. The number of pyridine rings is 1. The number of nitro benzene ring substituents is 1. The molecule has 0 amide bonds. The highest BCUT2D eigenvalue weighted by Crippen LogP contribution is 2.40. The third kappa shape index (κ3) is 4.63. The highest BCUT2D eigenvalue weighted by Gasteiger charge is 2.30. The second-order valence-corrected chi connectivity index (χ2v) is 8.96. The van der Waals surface area contributed by atoms with Gasteiger partial charge in [0.2, 0.25) is 5.95 Å². The number of benzene rings is 2. The number of rotatable bonds is 7. The van der Waals surface area contributed by atoms with Crippen LogP contribution in [-0.4, -0.2) is 65.1 Å². The van der Waals surface area contributed by atoms with Gasteiger partial charge in [-0.1, -0.05) is 18.2 Å². The maximum Gasteiger partial charge on any atom is 0.294 e. The molecular formula is C26H27N7O3. The number of anilines is 3. The van der Waals surface area contributed by atoms with Gasteiger partial charge in [0.05, 0.1) is 28.9 Å². The van der Waals surface area contributed by atoms with Crippen LogP contribution in [0, 0.1) is 10.1 Å². The molecule has 3 heterocycles. The molecule has 1 aliphatic rings. The van der Waals surface area contributed by atoms with Gasteiger partial charge in [-0.25, -0.2) is 9.97 Å². The molecule has 1 N–H and O–H groups in total. The van der Waals surface area contributed by atoms with Gasteiger partial charge in [-0.3, -0.25) is 15.1 Å². The fourth-order valence-electron chi connectivity index (χ4n) is 4.52. The first-order valence-corrected chi connectivity index (χ1v) is 11.7. The second-order valence-electron chi connectivity index (χ2n) is 8.96. The van der Waals surface area contributed by atoms with Crippen molar-refractivity contribution in [3.8, 4) is 17.0 Å². The van der Waals surface area contributed by atoms with E-state index in [0.717, 1.165) is 29.4 Å². The second kappa shape index (κ2) is 9.74. The van der Waals surface area contributed by atoms with E-state index in [0.29, 0.717) is 41.4 Å². The number of hydrogen-bond donors (Lipinski definition) is 1. The van der Waals surface area contributed by atoms with Gasteiger partial charge in [0, 0.05) is 54.6 Å². The number of nitrogens with one attached hydrogen (secondary N) is 1. The fourth-order valence-corrected chi connectivity index (χ4v) is 4.52. The monoisotopic (exact) mass is 485 g/mol. The van der Waals surface area contributed by atoms with E-state index >= 15 is 0 Å². The zero-order chi connectivity index (χ0) is 25.2. The van der Waals surface area contributed by atoms with Crippen molar-refractivity contribution >= 4 is 33.9 Å². The summed E-state index contributed by atoms with van der Waals surface area (Å²) in [5.41, 5.74) is 3.40. The van der Waals surface area contributed by atoms with Crippen LogP contribution in [0.25, 0.3) is 22.2 Å². The van der Waals surface area contributed by atoms with Crippen molar-refractivity contribution in [2.75, 3.05) is 44.5 Å². The van der Waals surface area contributed by atoms with Gasteiger partial charge < -0.3 is 19.9 Å². The Bertz CT molecular complexity index is 1430. The van der Waals surface area contributed by atoms with Crippen LogP contribution in [0.15, 0.2) is 60.9 Å². The summed E-state index contributed by atoms with van der Waals surface area (Å²) >= 11 is 0. The standard InChI is InChI=1S/C26H27N7O3/c1-31(2)19-9-11-32(16-19)23-14-25(36-3)22(13-24(23)33(34)35)30-26-27-10-8-21(29-26)18-12-17-6-4-5-7-20(17)28-15-18/h4-8,10,12-15,19H,9,11,16H2,1-3H3,(H,27,29,30)/t19-/m1/s1. The van der Waals surface area contributed by atoms with Crippen molar-refractivity contribution in [2.45, 2.75) is 12.5 Å². The van der Waals surface area contributed by atoms with Crippen LogP contribution in [0.4, 0.5) is 23.0 Å². The average Bonchev–Trinajstić information content (AvgIpc) is 3.39. The minimum absolute atomic E-state index is 0.00703. The number of para-hydroxylation sites is 1. The van der Waals surface area contributed by atoms with Crippen LogP contribution in [-0.2, 0) is 0 Å². The molecule has 2 aromatic heterocycles. The van der Waals surface area contributed by atoms with Crippen molar-refractivity contribution in [3.05, 3.63) is 71.0 Å². The molecule has 4 aromatic rings. The summed E-state index contributed by atoms with van der Waals surface area (Å²) in [5.74, 6) is 0.778. The predicted octanol–water partition coefficient (Wildman–Crippen LogP) is 4.49. The normalized spacial score (nSPS) is 15.4. The van der Waals surface area contributed by atoms with E-state index in [1.54, 1.807) is 31.6 Å². The molecule has 184 valence electrons. The number of hydrogen-bond acceptors (Lipinski definition) is 9. The summed E-state index contributed by atoms with van der Waals surface area (Å²) in [5, 5.41) is 16.1. The zero-order valence-electron chi connectivity index (χ0n) is 20.4. The van der Waals surface area contributed by atoms with Gasteiger partial charge >= 0.3 is 0 Å². The van der Waals surface area contributed by atoms with Crippen LogP contribution in [0.3, 0.4) is 0 Å². The molecule has 1 fully saturated rings. The maximum atomic E-state index is 12.0. The molecule has 2 aromatic carbocycles. The number of nitrogens with zero attached hydrogens (tertiary/aromatic N) is 6. The third-order valence-electron chi connectivity index (χ3n) is 6.52. The molecule has 1 atom stereocenters. The number of nitro groups is 1. The predicted molar refractivity (Wildman–Crippen MR) is 140 cm³/mol. The van der Waals surface area contributed by atoms with Crippen molar-refractivity contribution in [2.24, 2.45) is 0 Å². The minimum Gasteiger partial charge on any atom is -0.494 e. The molecule has 0 saturated carbocycles. The van der Waals surface area contributed by atoms with E-state index in [-0.39, 0.29) is 10.6 Å². The lowest BCUT2D eigenvalue weighted by Crippen LogP contribution is -2.31. The van der Waals surface area contributed by atoms with E-state index in [1.165, 1.54) is 6.07 Å². The van der Waals surface area contributed by atoms with Gasteiger partial charge in [0.1, 0.15) is 11.4 Å². The lowest BCUT2D eigenvalue weighted by Gasteiger charge is -2.22. The summed E-state index contributed by atoms with van der Waals surface area (Å²) in [6.07, 6.45) is 4.35. The van der Waals surface area contributed by atoms with Crippen molar-refractivity contribution in [1.82, 2.24) is 19.9 Å². The Morgan fingerprint density at radius 3 is 2.75 bits per heavy atom. The molecule has 0 bridgehead atoms. The van der Waals surface area contributed by atoms with Gasteiger partial charge in [-0.15, -0.1) is 0 Å². The molecule has 1 aliphatic heterocycles.